The van der Waals surface area contributed by atoms with Crippen LogP contribution in [-0.4, -0.2) is 35.6 Å². The maximum Gasteiger partial charge on any atom is 0.191 e. The van der Waals surface area contributed by atoms with Gasteiger partial charge < -0.3 is 15.2 Å². The van der Waals surface area contributed by atoms with E-state index in [1.54, 1.807) is 13.2 Å². The molecular weight excluding hydrogens is 329 g/mol. The highest BCUT2D eigenvalue weighted by atomic mass is 127. The summed E-state index contributed by atoms with van der Waals surface area (Å²) in [6.07, 6.45) is 5.55. The number of guanidine groups is 1. The molecule has 0 atom stereocenters. The number of halogens is 1. The average Bonchev–Trinajstić information content (AvgIpc) is 2.75. The molecule has 0 aromatic carbocycles. The molecule has 0 saturated carbocycles. The minimum Gasteiger partial charge on any atom is -0.356 e. The SMILES string of the molecule is CN=C(NCCn1ccnc1)NCC(C)C.I. The van der Waals surface area contributed by atoms with E-state index < -0.39 is 0 Å². The predicted molar refractivity (Wildman–Crippen MR) is 81.8 cm³/mol. The second-order valence-electron chi connectivity index (χ2n) is 4.07. The summed E-state index contributed by atoms with van der Waals surface area (Å²) in [6.45, 7) is 7.01. The lowest BCUT2D eigenvalue weighted by molar-refractivity contribution is 0.606. The van der Waals surface area contributed by atoms with E-state index in [4.69, 9.17) is 0 Å². The lowest BCUT2D eigenvalue weighted by Gasteiger charge is -2.13. The van der Waals surface area contributed by atoms with E-state index in [-0.39, 0.29) is 24.0 Å². The lowest BCUT2D eigenvalue weighted by atomic mass is 10.2. The summed E-state index contributed by atoms with van der Waals surface area (Å²) in [4.78, 5) is 8.14. The van der Waals surface area contributed by atoms with Crippen LogP contribution in [0.25, 0.3) is 0 Å². The summed E-state index contributed by atoms with van der Waals surface area (Å²) in [5.74, 6) is 1.47. The summed E-state index contributed by atoms with van der Waals surface area (Å²) >= 11 is 0. The van der Waals surface area contributed by atoms with Crippen LogP contribution in [0.5, 0.6) is 0 Å². The molecule has 1 aromatic rings. The zero-order valence-electron chi connectivity index (χ0n) is 10.7. The molecule has 0 aliphatic heterocycles. The van der Waals surface area contributed by atoms with E-state index in [0.29, 0.717) is 5.92 Å². The van der Waals surface area contributed by atoms with Crippen molar-refractivity contribution in [3.05, 3.63) is 18.7 Å². The number of rotatable bonds is 5. The number of nitrogens with one attached hydrogen (secondary N) is 2. The van der Waals surface area contributed by atoms with Crippen molar-refractivity contribution in [1.29, 1.82) is 0 Å². The van der Waals surface area contributed by atoms with E-state index in [9.17, 15) is 0 Å². The van der Waals surface area contributed by atoms with Gasteiger partial charge in [-0.05, 0) is 5.92 Å². The Kier molecular flexibility index (Phi) is 8.83. The third-order valence-corrected chi connectivity index (χ3v) is 2.12. The van der Waals surface area contributed by atoms with Crippen molar-refractivity contribution < 1.29 is 0 Å². The summed E-state index contributed by atoms with van der Waals surface area (Å²) in [5, 5.41) is 6.52. The number of aliphatic imine (C=N–C) groups is 1. The first-order valence-corrected chi connectivity index (χ1v) is 5.62. The molecule has 0 aliphatic carbocycles. The second kappa shape index (κ2) is 9.26. The molecule has 0 spiro atoms. The van der Waals surface area contributed by atoms with Crippen molar-refractivity contribution in [3.63, 3.8) is 0 Å². The second-order valence-corrected chi connectivity index (χ2v) is 4.07. The normalized spacial score (nSPS) is 11.2. The first-order chi connectivity index (χ1) is 7.72. The Hall–Kier alpha value is -0.790. The summed E-state index contributed by atoms with van der Waals surface area (Å²) < 4.78 is 2.03. The van der Waals surface area contributed by atoms with E-state index >= 15 is 0 Å². The molecule has 0 saturated heterocycles. The maximum absolute atomic E-state index is 4.15. The molecule has 5 nitrogen and oxygen atoms in total. The quantitative estimate of drug-likeness (QED) is 0.478. The molecule has 1 rings (SSSR count). The molecule has 1 heterocycles. The van der Waals surface area contributed by atoms with Crippen LogP contribution < -0.4 is 10.6 Å². The molecule has 17 heavy (non-hydrogen) atoms. The zero-order valence-corrected chi connectivity index (χ0v) is 13.0. The topological polar surface area (TPSA) is 54.2 Å². The van der Waals surface area contributed by atoms with E-state index in [1.807, 2.05) is 17.1 Å². The van der Waals surface area contributed by atoms with Crippen LogP contribution in [0.3, 0.4) is 0 Å². The maximum atomic E-state index is 4.15. The first-order valence-electron chi connectivity index (χ1n) is 5.62. The number of hydrogen-bond acceptors (Lipinski definition) is 2. The zero-order chi connectivity index (χ0) is 11.8. The van der Waals surface area contributed by atoms with Gasteiger partial charge in [0.2, 0.25) is 0 Å². The number of imidazole rings is 1. The first kappa shape index (κ1) is 16.2. The summed E-state index contributed by atoms with van der Waals surface area (Å²) in [7, 11) is 1.78. The Morgan fingerprint density at radius 1 is 1.41 bits per heavy atom. The van der Waals surface area contributed by atoms with Gasteiger partial charge in [0.1, 0.15) is 0 Å². The third-order valence-electron chi connectivity index (χ3n) is 2.12. The molecule has 0 radical (unpaired) electrons. The Balaban J connectivity index is 0.00000256. The summed E-state index contributed by atoms with van der Waals surface area (Å²) in [6, 6.07) is 0. The Labute approximate surface area is 120 Å². The van der Waals surface area contributed by atoms with Gasteiger partial charge in [-0.2, -0.15) is 0 Å². The lowest BCUT2D eigenvalue weighted by Crippen LogP contribution is -2.40. The van der Waals surface area contributed by atoms with E-state index in [2.05, 4.69) is 34.5 Å². The molecule has 1 aromatic heterocycles. The Bertz CT molecular complexity index is 308. The molecule has 0 unspecified atom stereocenters. The molecule has 0 bridgehead atoms. The minimum atomic E-state index is 0. The van der Waals surface area contributed by atoms with Crippen LogP contribution in [0.4, 0.5) is 0 Å². The Morgan fingerprint density at radius 2 is 2.18 bits per heavy atom. The van der Waals surface area contributed by atoms with Gasteiger partial charge in [-0.3, -0.25) is 4.99 Å². The molecule has 98 valence electrons. The number of hydrogen-bond donors (Lipinski definition) is 2. The van der Waals surface area contributed by atoms with Gasteiger partial charge in [0, 0.05) is 39.1 Å². The molecule has 0 aliphatic rings. The van der Waals surface area contributed by atoms with Crippen LogP contribution in [0.1, 0.15) is 13.8 Å². The van der Waals surface area contributed by atoms with Crippen LogP contribution >= 0.6 is 24.0 Å². The predicted octanol–water partition coefficient (Wildman–Crippen LogP) is 1.32. The van der Waals surface area contributed by atoms with Crippen molar-refractivity contribution in [2.24, 2.45) is 10.9 Å². The van der Waals surface area contributed by atoms with Gasteiger partial charge in [-0.1, -0.05) is 13.8 Å². The van der Waals surface area contributed by atoms with Gasteiger partial charge in [-0.25, -0.2) is 4.98 Å². The molecule has 0 amide bonds. The van der Waals surface area contributed by atoms with Gasteiger partial charge >= 0.3 is 0 Å². The fraction of sp³-hybridized carbons (Fsp3) is 0.636. The number of nitrogens with zero attached hydrogens (tertiary/aromatic N) is 3. The summed E-state index contributed by atoms with van der Waals surface area (Å²) in [5.41, 5.74) is 0. The highest BCUT2D eigenvalue weighted by Crippen LogP contribution is 1.87. The van der Waals surface area contributed by atoms with Crippen LogP contribution in [0.15, 0.2) is 23.7 Å². The van der Waals surface area contributed by atoms with Crippen LogP contribution in [-0.2, 0) is 6.54 Å². The van der Waals surface area contributed by atoms with E-state index in [1.165, 1.54) is 0 Å². The highest BCUT2D eigenvalue weighted by molar-refractivity contribution is 14.0. The van der Waals surface area contributed by atoms with Gasteiger partial charge in [0.25, 0.3) is 0 Å². The fourth-order valence-corrected chi connectivity index (χ4v) is 1.24. The Morgan fingerprint density at radius 3 is 2.71 bits per heavy atom. The molecule has 2 N–H and O–H groups in total. The van der Waals surface area contributed by atoms with E-state index in [0.717, 1.165) is 25.6 Å². The molecular formula is C11H22IN5. The van der Waals surface area contributed by atoms with Crippen molar-refractivity contribution in [2.75, 3.05) is 20.1 Å². The minimum absolute atomic E-state index is 0. The third kappa shape index (κ3) is 7.19. The largest absolute Gasteiger partial charge is 0.356 e. The smallest absolute Gasteiger partial charge is 0.191 e. The van der Waals surface area contributed by atoms with Crippen molar-refractivity contribution in [2.45, 2.75) is 20.4 Å². The van der Waals surface area contributed by atoms with Gasteiger partial charge in [-0.15, -0.1) is 24.0 Å². The van der Waals surface area contributed by atoms with Crippen molar-refractivity contribution in [3.8, 4) is 0 Å². The highest BCUT2D eigenvalue weighted by Gasteiger charge is 1.98. The van der Waals surface area contributed by atoms with Crippen molar-refractivity contribution in [1.82, 2.24) is 20.2 Å². The standard InChI is InChI=1S/C11H21N5.HI/c1-10(2)8-15-11(12-3)14-5-7-16-6-4-13-9-16;/h4,6,9-10H,5,7-8H2,1-3H3,(H2,12,14,15);1H. The average molecular weight is 351 g/mol. The van der Waals surface area contributed by atoms with Crippen LogP contribution in [0, 0.1) is 5.92 Å². The van der Waals surface area contributed by atoms with Crippen LogP contribution in [0.2, 0.25) is 0 Å². The molecule has 0 fully saturated rings. The fourth-order valence-electron chi connectivity index (χ4n) is 1.24. The monoisotopic (exact) mass is 351 g/mol. The van der Waals surface area contributed by atoms with Crippen molar-refractivity contribution >= 4 is 29.9 Å². The molecule has 6 heteroatoms. The number of aromatic nitrogens is 2. The van der Waals surface area contributed by atoms with Gasteiger partial charge in [0.05, 0.1) is 6.33 Å². The van der Waals surface area contributed by atoms with Gasteiger partial charge in [0.15, 0.2) is 5.96 Å².